The van der Waals surface area contributed by atoms with E-state index in [1.807, 2.05) is 13.0 Å². The van der Waals surface area contributed by atoms with Crippen LogP contribution in [0.2, 0.25) is 0 Å². The Kier molecular flexibility index (Phi) is 2.94. The molecular weight excluding hydrogens is 228 g/mol. The van der Waals surface area contributed by atoms with Gasteiger partial charge in [0.1, 0.15) is 16.6 Å². The Morgan fingerprint density at radius 1 is 1.47 bits per heavy atom. The molecule has 0 aliphatic rings. The molecule has 0 radical (unpaired) electrons. The second-order valence-electron chi connectivity index (χ2n) is 2.72. The molecule has 0 atom stereocenters. The third kappa shape index (κ3) is 2.32. The Morgan fingerprint density at radius 3 is 3.00 bits per heavy atom. The van der Waals surface area contributed by atoms with E-state index in [0.29, 0.717) is 10.6 Å². The lowest BCUT2D eigenvalue weighted by atomic mass is 10.3. The van der Waals surface area contributed by atoms with E-state index in [0.717, 1.165) is 10.0 Å². The fourth-order valence-electron chi connectivity index (χ4n) is 0.986. The quantitative estimate of drug-likeness (QED) is 0.797. The number of rotatable bonds is 2. The summed E-state index contributed by atoms with van der Waals surface area (Å²) in [6.45, 7) is 1.89. The van der Waals surface area contributed by atoms with Crippen molar-refractivity contribution in [1.82, 2.24) is 15.2 Å². The van der Waals surface area contributed by atoms with Crippen molar-refractivity contribution >= 4 is 23.1 Å². The van der Waals surface area contributed by atoms with Gasteiger partial charge in [0.25, 0.3) is 0 Å². The zero-order valence-corrected chi connectivity index (χ0v) is 9.47. The highest BCUT2D eigenvalue weighted by molar-refractivity contribution is 8.01. The lowest BCUT2D eigenvalue weighted by Gasteiger charge is -2.00. The first-order chi connectivity index (χ1) is 7.29. The molecule has 6 heteroatoms. The Labute approximate surface area is 95.0 Å². The average molecular weight is 234 g/mol. The van der Waals surface area contributed by atoms with E-state index in [1.54, 1.807) is 11.6 Å². The standard InChI is InChI=1S/C9H6N4S2/c1-6-2-3-7(4-10)8(12-6)15-9-13-11-5-14-9/h2-3,5H,1H3. The lowest BCUT2D eigenvalue weighted by Crippen LogP contribution is -1.89. The first-order valence-electron chi connectivity index (χ1n) is 4.11. The summed E-state index contributed by atoms with van der Waals surface area (Å²) in [5, 5.41) is 17.2. The molecule has 2 aromatic heterocycles. The van der Waals surface area contributed by atoms with Crippen LogP contribution in [-0.2, 0) is 0 Å². The summed E-state index contributed by atoms with van der Waals surface area (Å²) in [7, 11) is 0. The van der Waals surface area contributed by atoms with Crippen LogP contribution in [0.15, 0.2) is 27.0 Å². The number of nitrogens with zero attached hydrogens (tertiary/aromatic N) is 4. The van der Waals surface area contributed by atoms with Crippen molar-refractivity contribution in [3.05, 3.63) is 28.9 Å². The van der Waals surface area contributed by atoms with Crippen LogP contribution >= 0.6 is 23.1 Å². The maximum Gasteiger partial charge on any atom is 0.180 e. The van der Waals surface area contributed by atoms with Gasteiger partial charge in [0.05, 0.1) is 5.56 Å². The Morgan fingerprint density at radius 2 is 2.33 bits per heavy atom. The zero-order valence-electron chi connectivity index (χ0n) is 7.84. The SMILES string of the molecule is Cc1ccc(C#N)c(Sc2nncs2)n1. The molecule has 15 heavy (non-hydrogen) atoms. The molecule has 0 aliphatic heterocycles. The number of pyridine rings is 1. The van der Waals surface area contributed by atoms with Gasteiger partial charge in [-0.3, -0.25) is 0 Å². The fourth-order valence-corrected chi connectivity index (χ4v) is 2.49. The van der Waals surface area contributed by atoms with Crippen molar-refractivity contribution in [3.8, 4) is 6.07 Å². The van der Waals surface area contributed by atoms with Crippen LogP contribution in [0.3, 0.4) is 0 Å². The van der Waals surface area contributed by atoms with Gasteiger partial charge in [-0.05, 0) is 30.8 Å². The predicted molar refractivity (Wildman–Crippen MR) is 57.7 cm³/mol. The Balaban J connectivity index is 2.35. The van der Waals surface area contributed by atoms with Gasteiger partial charge in [-0.2, -0.15) is 5.26 Å². The molecule has 0 saturated carbocycles. The van der Waals surface area contributed by atoms with Gasteiger partial charge in [-0.1, -0.05) is 11.3 Å². The lowest BCUT2D eigenvalue weighted by molar-refractivity contribution is 0.998. The van der Waals surface area contributed by atoms with Crippen molar-refractivity contribution in [2.75, 3.05) is 0 Å². The minimum Gasteiger partial charge on any atom is -0.245 e. The van der Waals surface area contributed by atoms with Crippen LogP contribution in [0.25, 0.3) is 0 Å². The molecule has 2 aromatic rings. The normalized spacial score (nSPS) is 9.87. The summed E-state index contributed by atoms with van der Waals surface area (Å²) in [6, 6.07) is 5.70. The van der Waals surface area contributed by atoms with E-state index in [4.69, 9.17) is 5.26 Å². The monoisotopic (exact) mass is 234 g/mol. The average Bonchev–Trinajstić information content (AvgIpc) is 2.71. The molecule has 0 unspecified atom stereocenters. The van der Waals surface area contributed by atoms with E-state index < -0.39 is 0 Å². The Hall–Kier alpha value is -1.45. The maximum atomic E-state index is 8.90. The van der Waals surface area contributed by atoms with Crippen LogP contribution < -0.4 is 0 Å². The highest BCUT2D eigenvalue weighted by Gasteiger charge is 2.08. The van der Waals surface area contributed by atoms with Crippen LogP contribution in [-0.4, -0.2) is 15.2 Å². The molecule has 0 saturated heterocycles. The maximum absolute atomic E-state index is 8.90. The highest BCUT2D eigenvalue weighted by atomic mass is 32.2. The number of aryl methyl sites for hydroxylation is 1. The van der Waals surface area contributed by atoms with Gasteiger partial charge in [-0.15, -0.1) is 10.2 Å². The summed E-state index contributed by atoms with van der Waals surface area (Å²) >= 11 is 2.81. The topological polar surface area (TPSA) is 62.5 Å². The smallest absolute Gasteiger partial charge is 0.180 e. The molecule has 0 fully saturated rings. The summed E-state index contributed by atoms with van der Waals surface area (Å²) in [6.07, 6.45) is 0. The molecule has 74 valence electrons. The first kappa shape index (κ1) is 10.1. The minimum atomic E-state index is 0.570. The van der Waals surface area contributed by atoms with Crippen molar-refractivity contribution in [2.45, 2.75) is 16.3 Å². The van der Waals surface area contributed by atoms with E-state index in [2.05, 4.69) is 21.3 Å². The molecule has 0 aromatic carbocycles. The first-order valence-corrected chi connectivity index (χ1v) is 5.81. The zero-order chi connectivity index (χ0) is 10.7. The van der Waals surface area contributed by atoms with Gasteiger partial charge in [0.2, 0.25) is 0 Å². The largest absolute Gasteiger partial charge is 0.245 e. The molecule has 4 nitrogen and oxygen atoms in total. The van der Waals surface area contributed by atoms with Gasteiger partial charge >= 0.3 is 0 Å². The Bertz CT molecular complexity index is 501. The summed E-state index contributed by atoms with van der Waals surface area (Å²) < 4.78 is 0.796. The molecular formula is C9H6N4S2. The van der Waals surface area contributed by atoms with Crippen molar-refractivity contribution < 1.29 is 0 Å². The predicted octanol–water partition coefficient (Wildman–Crippen LogP) is 2.26. The number of nitriles is 1. The van der Waals surface area contributed by atoms with E-state index in [1.165, 1.54) is 23.1 Å². The second-order valence-corrected chi connectivity index (χ2v) is 4.79. The third-order valence-electron chi connectivity index (χ3n) is 1.64. The van der Waals surface area contributed by atoms with E-state index in [-0.39, 0.29) is 0 Å². The molecule has 0 bridgehead atoms. The molecule has 2 heterocycles. The minimum absolute atomic E-state index is 0.570. The van der Waals surface area contributed by atoms with E-state index in [9.17, 15) is 0 Å². The van der Waals surface area contributed by atoms with E-state index >= 15 is 0 Å². The number of hydrogen-bond donors (Lipinski definition) is 0. The molecule has 0 amide bonds. The number of aromatic nitrogens is 3. The van der Waals surface area contributed by atoms with Crippen molar-refractivity contribution in [2.24, 2.45) is 0 Å². The molecule has 0 aliphatic carbocycles. The van der Waals surface area contributed by atoms with Gasteiger partial charge in [0.15, 0.2) is 4.34 Å². The second kappa shape index (κ2) is 4.38. The fraction of sp³-hybridized carbons (Fsp3) is 0.111. The van der Waals surface area contributed by atoms with Crippen LogP contribution in [0, 0.1) is 18.3 Å². The van der Waals surface area contributed by atoms with Gasteiger partial charge < -0.3 is 0 Å². The van der Waals surface area contributed by atoms with Gasteiger partial charge in [-0.25, -0.2) is 4.98 Å². The molecule has 0 spiro atoms. The highest BCUT2D eigenvalue weighted by Crippen LogP contribution is 2.29. The van der Waals surface area contributed by atoms with Gasteiger partial charge in [0, 0.05) is 5.69 Å². The van der Waals surface area contributed by atoms with Crippen molar-refractivity contribution in [3.63, 3.8) is 0 Å². The van der Waals surface area contributed by atoms with Crippen LogP contribution in [0.5, 0.6) is 0 Å². The summed E-state index contributed by atoms with van der Waals surface area (Å²) in [5.74, 6) is 0. The van der Waals surface area contributed by atoms with Crippen molar-refractivity contribution in [1.29, 1.82) is 5.26 Å². The number of hydrogen-bond acceptors (Lipinski definition) is 6. The molecule has 2 rings (SSSR count). The molecule has 0 N–H and O–H groups in total. The third-order valence-corrected chi connectivity index (χ3v) is 3.43. The van der Waals surface area contributed by atoms with Crippen LogP contribution in [0.1, 0.15) is 11.3 Å². The van der Waals surface area contributed by atoms with Crippen LogP contribution in [0.4, 0.5) is 0 Å². The summed E-state index contributed by atoms with van der Waals surface area (Å²) in [5.41, 5.74) is 3.12. The summed E-state index contributed by atoms with van der Waals surface area (Å²) in [4.78, 5) is 4.30.